The van der Waals surface area contributed by atoms with Crippen molar-refractivity contribution < 1.29 is 9.90 Å². The van der Waals surface area contributed by atoms with Crippen LogP contribution in [0, 0.1) is 0 Å². The second kappa shape index (κ2) is 6.91. The molecule has 1 rings (SSSR count). The number of nitrogens with one attached hydrogen (secondary N) is 2. The van der Waals surface area contributed by atoms with Crippen molar-refractivity contribution in [2.24, 2.45) is 0 Å². The largest absolute Gasteiger partial charge is 0.396 e. The molecule has 7 nitrogen and oxygen atoms in total. The standard InChI is InChI=1S/C9H17N5O2/c1-10-9(16)6-11-5-8-7-14(13-12-8)3-2-4-15/h7,11,15H,2-6H2,1H3,(H,10,16). The molecule has 0 aliphatic carbocycles. The van der Waals surface area contributed by atoms with Crippen molar-refractivity contribution in [2.75, 3.05) is 20.2 Å². The molecular weight excluding hydrogens is 210 g/mol. The van der Waals surface area contributed by atoms with E-state index < -0.39 is 0 Å². The highest BCUT2D eigenvalue weighted by atomic mass is 16.3. The third-order valence-electron chi connectivity index (χ3n) is 2.00. The Morgan fingerprint density at radius 2 is 2.44 bits per heavy atom. The maximum atomic E-state index is 10.9. The van der Waals surface area contributed by atoms with Crippen molar-refractivity contribution in [3.05, 3.63) is 11.9 Å². The quantitative estimate of drug-likeness (QED) is 0.527. The fourth-order valence-corrected chi connectivity index (χ4v) is 1.15. The average Bonchev–Trinajstić information content (AvgIpc) is 2.74. The van der Waals surface area contributed by atoms with Crippen LogP contribution < -0.4 is 10.6 Å². The molecule has 7 heteroatoms. The SMILES string of the molecule is CNC(=O)CNCc1cn(CCCO)nn1. The Morgan fingerprint density at radius 1 is 1.62 bits per heavy atom. The van der Waals surface area contributed by atoms with Crippen molar-refractivity contribution in [1.82, 2.24) is 25.6 Å². The summed E-state index contributed by atoms with van der Waals surface area (Å²) >= 11 is 0. The van der Waals surface area contributed by atoms with Crippen LogP contribution in [0.5, 0.6) is 0 Å². The van der Waals surface area contributed by atoms with Gasteiger partial charge in [0.2, 0.25) is 5.91 Å². The van der Waals surface area contributed by atoms with Gasteiger partial charge in [-0.25, -0.2) is 0 Å². The van der Waals surface area contributed by atoms with E-state index in [0.717, 1.165) is 5.69 Å². The molecule has 90 valence electrons. The summed E-state index contributed by atoms with van der Waals surface area (Å²) in [4.78, 5) is 10.9. The van der Waals surface area contributed by atoms with Crippen LogP contribution in [-0.4, -0.2) is 46.2 Å². The molecule has 0 fully saturated rings. The molecule has 3 N–H and O–H groups in total. The first-order chi connectivity index (χ1) is 7.76. The van der Waals surface area contributed by atoms with Crippen LogP contribution in [0.4, 0.5) is 0 Å². The number of carbonyl (C=O) groups is 1. The number of amides is 1. The zero-order chi connectivity index (χ0) is 11.8. The summed E-state index contributed by atoms with van der Waals surface area (Å²) in [6, 6.07) is 0. The molecule has 0 spiro atoms. The monoisotopic (exact) mass is 227 g/mol. The van der Waals surface area contributed by atoms with E-state index in [1.54, 1.807) is 17.9 Å². The van der Waals surface area contributed by atoms with Gasteiger partial charge in [-0.05, 0) is 6.42 Å². The molecule has 0 saturated heterocycles. The lowest BCUT2D eigenvalue weighted by Gasteiger charge is -2.00. The van der Waals surface area contributed by atoms with Crippen LogP contribution in [0.25, 0.3) is 0 Å². The van der Waals surface area contributed by atoms with E-state index in [1.807, 2.05) is 0 Å². The summed E-state index contributed by atoms with van der Waals surface area (Å²) in [5.41, 5.74) is 0.779. The maximum absolute atomic E-state index is 10.9. The van der Waals surface area contributed by atoms with Crippen LogP contribution in [0.15, 0.2) is 6.20 Å². The summed E-state index contributed by atoms with van der Waals surface area (Å²) in [6.07, 6.45) is 2.46. The highest BCUT2D eigenvalue weighted by molar-refractivity contribution is 5.77. The molecule has 0 radical (unpaired) electrons. The van der Waals surface area contributed by atoms with Gasteiger partial charge in [0.1, 0.15) is 0 Å². The van der Waals surface area contributed by atoms with Crippen molar-refractivity contribution in [3.63, 3.8) is 0 Å². The number of carbonyl (C=O) groups excluding carboxylic acids is 1. The minimum Gasteiger partial charge on any atom is -0.396 e. The molecule has 0 atom stereocenters. The van der Waals surface area contributed by atoms with E-state index in [0.29, 0.717) is 19.5 Å². The topological polar surface area (TPSA) is 92.1 Å². The number of rotatable bonds is 7. The maximum Gasteiger partial charge on any atom is 0.233 e. The summed E-state index contributed by atoms with van der Waals surface area (Å²) in [5.74, 6) is -0.0623. The summed E-state index contributed by atoms with van der Waals surface area (Å²) in [5, 5.41) is 21.9. The number of hydrogen-bond acceptors (Lipinski definition) is 5. The second-order valence-corrected chi connectivity index (χ2v) is 3.33. The molecule has 0 unspecified atom stereocenters. The zero-order valence-corrected chi connectivity index (χ0v) is 9.31. The summed E-state index contributed by atoms with van der Waals surface area (Å²) in [6.45, 7) is 1.57. The number of aromatic nitrogens is 3. The van der Waals surface area contributed by atoms with Gasteiger partial charge in [0, 0.05) is 32.9 Å². The van der Waals surface area contributed by atoms with Gasteiger partial charge in [0.25, 0.3) is 0 Å². The fourth-order valence-electron chi connectivity index (χ4n) is 1.15. The predicted octanol–water partition coefficient (Wildman–Crippen LogP) is -1.50. The van der Waals surface area contributed by atoms with E-state index in [2.05, 4.69) is 20.9 Å². The van der Waals surface area contributed by atoms with Gasteiger partial charge in [-0.2, -0.15) is 0 Å². The van der Waals surface area contributed by atoms with E-state index in [-0.39, 0.29) is 19.1 Å². The smallest absolute Gasteiger partial charge is 0.233 e. The number of aryl methyl sites for hydroxylation is 1. The van der Waals surface area contributed by atoms with Crippen molar-refractivity contribution in [2.45, 2.75) is 19.5 Å². The van der Waals surface area contributed by atoms with Crippen molar-refractivity contribution in [3.8, 4) is 0 Å². The minimum atomic E-state index is -0.0623. The van der Waals surface area contributed by atoms with Gasteiger partial charge in [-0.15, -0.1) is 5.10 Å². The Labute approximate surface area is 93.8 Å². The predicted molar refractivity (Wildman–Crippen MR) is 57.5 cm³/mol. The van der Waals surface area contributed by atoms with E-state index in [4.69, 9.17) is 5.11 Å². The molecule has 0 saturated carbocycles. The molecule has 1 aromatic rings. The number of aliphatic hydroxyl groups is 1. The number of hydrogen-bond donors (Lipinski definition) is 3. The lowest BCUT2D eigenvalue weighted by Crippen LogP contribution is -2.31. The second-order valence-electron chi connectivity index (χ2n) is 3.33. The van der Waals surface area contributed by atoms with Crippen LogP contribution in [0.3, 0.4) is 0 Å². The minimum absolute atomic E-state index is 0.0623. The van der Waals surface area contributed by atoms with Gasteiger partial charge in [-0.1, -0.05) is 5.21 Å². The highest BCUT2D eigenvalue weighted by Gasteiger charge is 2.01. The van der Waals surface area contributed by atoms with Crippen LogP contribution >= 0.6 is 0 Å². The van der Waals surface area contributed by atoms with Gasteiger partial charge in [0.05, 0.1) is 12.2 Å². The highest BCUT2D eigenvalue weighted by Crippen LogP contribution is 1.93. The molecule has 1 heterocycles. The molecule has 16 heavy (non-hydrogen) atoms. The zero-order valence-electron chi connectivity index (χ0n) is 9.31. The molecule has 0 bridgehead atoms. The lowest BCUT2D eigenvalue weighted by atomic mass is 10.4. The summed E-state index contributed by atoms with van der Waals surface area (Å²) < 4.78 is 1.67. The number of aliphatic hydroxyl groups excluding tert-OH is 1. The third kappa shape index (κ3) is 4.37. The van der Waals surface area contributed by atoms with Crippen molar-refractivity contribution >= 4 is 5.91 Å². The van der Waals surface area contributed by atoms with E-state index >= 15 is 0 Å². The Bertz CT molecular complexity index is 325. The van der Waals surface area contributed by atoms with Crippen molar-refractivity contribution in [1.29, 1.82) is 0 Å². The van der Waals surface area contributed by atoms with Gasteiger partial charge in [0.15, 0.2) is 0 Å². The molecule has 1 aromatic heterocycles. The van der Waals surface area contributed by atoms with Crippen LogP contribution in [0.2, 0.25) is 0 Å². The Kier molecular flexibility index (Phi) is 5.44. The van der Waals surface area contributed by atoms with Gasteiger partial charge >= 0.3 is 0 Å². The fraction of sp³-hybridized carbons (Fsp3) is 0.667. The summed E-state index contributed by atoms with van der Waals surface area (Å²) in [7, 11) is 1.59. The van der Waals surface area contributed by atoms with Gasteiger partial charge in [-0.3, -0.25) is 9.48 Å². The van der Waals surface area contributed by atoms with E-state index in [1.165, 1.54) is 0 Å². The molecule has 0 aromatic carbocycles. The number of nitrogens with zero attached hydrogens (tertiary/aromatic N) is 3. The Balaban J connectivity index is 2.26. The first kappa shape index (κ1) is 12.6. The Morgan fingerprint density at radius 3 is 3.12 bits per heavy atom. The molecule has 0 aliphatic rings. The molecule has 0 aliphatic heterocycles. The normalized spacial score (nSPS) is 10.4. The molecular formula is C9H17N5O2. The lowest BCUT2D eigenvalue weighted by molar-refractivity contribution is -0.119. The van der Waals surface area contributed by atoms with Crippen LogP contribution in [-0.2, 0) is 17.9 Å². The first-order valence-corrected chi connectivity index (χ1v) is 5.17. The van der Waals surface area contributed by atoms with Crippen LogP contribution in [0.1, 0.15) is 12.1 Å². The van der Waals surface area contributed by atoms with Gasteiger partial charge < -0.3 is 15.7 Å². The Hall–Kier alpha value is -1.47. The number of likely N-dealkylation sites (N-methyl/N-ethyl adjacent to an activating group) is 1. The molecule has 1 amide bonds. The van der Waals surface area contributed by atoms with E-state index in [9.17, 15) is 4.79 Å². The average molecular weight is 227 g/mol. The third-order valence-corrected chi connectivity index (χ3v) is 2.00. The first-order valence-electron chi connectivity index (χ1n) is 5.17.